The molecule has 272 valence electrons. The normalized spacial score (nSPS) is 17.2. The number of hydrogen-bond acceptors (Lipinski definition) is 7. The predicted octanol–water partition coefficient (Wildman–Crippen LogP) is 5.92. The van der Waals surface area contributed by atoms with E-state index in [1.165, 1.54) is 5.56 Å². The molecule has 1 unspecified atom stereocenters. The lowest BCUT2D eigenvalue weighted by Crippen LogP contribution is -2.61. The number of ether oxygens (including phenoxy) is 3. The summed E-state index contributed by atoms with van der Waals surface area (Å²) in [6.45, 7) is 9.66. The van der Waals surface area contributed by atoms with Crippen LogP contribution in [0.15, 0.2) is 84.9 Å². The molecule has 11 heteroatoms. The molecule has 1 heterocycles. The molecule has 4 amide bonds. The molecule has 11 nitrogen and oxygen atoms in total. The maximum atomic E-state index is 14.1. The number of alkyl carbamates (subject to hydrolysis) is 2. The third kappa shape index (κ3) is 9.88. The van der Waals surface area contributed by atoms with Gasteiger partial charge in [0.2, 0.25) is 11.8 Å². The van der Waals surface area contributed by atoms with E-state index in [0.29, 0.717) is 32.4 Å². The molecule has 51 heavy (non-hydrogen) atoms. The first-order chi connectivity index (χ1) is 24.2. The van der Waals surface area contributed by atoms with Crippen LogP contribution in [0.4, 0.5) is 9.59 Å². The van der Waals surface area contributed by atoms with Crippen molar-refractivity contribution in [2.45, 2.75) is 95.7 Å². The summed E-state index contributed by atoms with van der Waals surface area (Å²) in [6.07, 6.45) is 0.858. The van der Waals surface area contributed by atoms with Gasteiger partial charge < -0.3 is 35.1 Å². The van der Waals surface area contributed by atoms with E-state index in [9.17, 15) is 19.2 Å². The van der Waals surface area contributed by atoms with Gasteiger partial charge in [-0.05, 0) is 76.1 Å². The lowest BCUT2D eigenvalue weighted by Gasteiger charge is -2.41. The van der Waals surface area contributed by atoms with E-state index in [1.807, 2.05) is 78.9 Å². The fraction of sp³-hybridized carbons (Fsp3) is 0.450. The Bertz CT molecular complexity index is 1660. The molecule has 2 atom stereocenters. The van der Waals surface area contributed by atoms with E-state index < -0.39 is 35.3 Å². The summed E-state index contributed by atoms with van der Waals surface area (Å²) in [4.78, 5) is 54.8. The van der Waals surface area contributed by atoms with Crippen molar-refractivity contribution in [2.24, 2.45) is 0 Å². The first-order valence-electron chi connectivity index (χ1n) is 17.5. The molecule has 0 saturated carbocycles. The van der Waals surface area contributed by atoms with Crippen LogP contribution in [0.3, 0.4) is 0 Å². The Morgan fingerprint density at radius 2 is 1.39 bits per heavy atom. The number of carbonyl (C=O) groups excluding carboxylic acids is 4. The first kappa shape index (κ1) is 37.4. The lowest BCUT2D eigenvalue weighted by atomic mass is 9.73. The number of likely N-dealkylation sites (tertiary alicyclic amines) is 1. The molecule has 0 aromatic heterocycles. The van der Waals surface area contributed by atoms with Gasteiger partial charge in [0.15, 0.2) is 0 Å². The predicted molar refractivity (Wildman–Crippen MR) is 193 cm³/mol. The number of benzene rings is 3. The Morgan fingerprint density at radius 3 is 2.02 bits per heavy atom. The summed E-state index contributed by atoms with van der Waals surface area (Å²) in [7, 11) is 0. The number of piperidine rings is 1. The second kappa shape index (κ2) is 16.0. The second-order valence-electron chi connectivity index (χ2n) is 14.9. The van der Waals surface area contributed by atoms with Gasteiger partial charge >= 0.3 is 12.2 Å². The van der Waals surface area contributed by atoms with E-state index in [0.717, 1.165) is 16.7 Å². The molecule has 3 N–H and O–H groups in total. The average molecular weight is 699 g/mol. The number of nitrogens with zero attached hydrogens (tertiary/aromatic N) is 1. The van der Waals surface area contributed by atoms with Gasteiger partial charge in [-0.1, -0.05) is 84.9 Å². The molecular formula is C40H50N4O7. The van der Waals surface area contributed by atoms with Crippen LogP contribution in [0.1, 0.15) is 82.2 Å². The largest absolute Gasteiger partial charge is 0.445 e. The van der Waals surface area contributed by atoms with Crippen molar-refractivity contribution in [3.8, 4) is 0 Å². The monoisotopic (exact) mass is 698 g/mol. The second-order valence-corrected chi connectivity index (χ2v) is 14.9. The van der Waals surface area contributed by atoms with Gasteiger partial charge in [0.1, 0.15) is 23.8 Å². The van der Waals surface area contributed by atoms with Crippen molar-refractivity contribution in [2.75, 3.05) is 19.7 Å². The smallest absolute Gasteiger partial charge is 0.408 e. The van der Waals surface area contributed by atoms with Gasteiger partial charge in [-0.2, -0.15) is 0 Å². The SMILES string of the molecule is CC(C)(C)OC(=O)NC(C)(C)C(=O)N[C@H](COCc1ccccc1)C(=O)N1CCC2(CC1)CC(NC(=O)OCc1ccccc1)c1ccccc12. The van der Waals surface area contributed by atoms with Crippen molar-refractivity contribution in [1.82, 2.24) is 20.9 Å². The van der Waals surface area contributed by atoms with Gasteiger partial charge in [0.05, 0.1) is 19.3 Å². The van der Waals surface area contributed by atoms with Crippen molar-refractivity contribution in [3.63, 3.8) is 0 Å². The fourth-order valence-corrected chi connectivity index (χ4v) is 6.78. The zero-order valence-corrected chi connectivity index (χ0v) is 30.2. The summed E-state index contributed by atoms with van der Waals surface area (Å²) in [5.41, 5.74) is 1.75. The molecule has 1 aliphatic carbocycles. The van der Waals surface area contributed by atoms with Gasteiger partial charge in [-0.3, -0.25) is 9.59 Å². The van der Waals surface area contributed by atoms with Crippen molar-refractivity contribution in [1.29, 1.82) is 0 Å². The number of nitrogens with one attached hydrogen (secondary N) is 3. The van der Waals surface area contributed by atoms with Crippen LogP contribution in [0.25, 0.3) is 0 Å². The molecule has 2 aliphatic rings. The van der Waals surface area contributed by atoms with E-state index in [2.05, 4.69) is 22.0 Å². The molecule has 5 rings (SSSR count). The molecule has 1 fully saturated rings. The maximum absolute atomic E-state index is 14.1. The molecule has 1 aliphatic heterocycles. The zero-order chi connectivity index (χ0) is 36.6. The highest BCUT2D eigenvalue weighted by molar-refractivity contribution is 5.93. The van der Waals surface area contributed by atoms with Gasteiger partial charge in [-0.25, -0.2) is 9.59 Å². The van der Waals surface area contributed by atoms with Gasteiger partial charge in [0.25, 0.3) is 0 Å². The highest BCUT2D eigenvalue weighted by Crippen LogP contribution is 2.50. The minimum absolute atomic E-state index is 0.0520. The summed E-state index contributed by atoms with van der Waals surface area (Å²) < 4.78 is 16.9. The molecule has 3 aromatic carbocycles. The van der Waals surface area contributed by atoms with Crippen LogP contribution in [0.2, 0.25) is 0 Å². The van der Waals surface area contributed by atoms with E-state index in [-0.39, 0.29) is 37.2 Å². The van der Waals surface area contributed by atoms with Gasteiger partial charge in [-0.15, -0.1) is 0 Å². The minimum Gasteiger partial charge on any atom is -0.445 e. The Balaban J connectivity index is 1.24. The Morgan fingerprint density at radius 1 is 0.804 bits per heavy atom. The van der Waals surface area contributed by atoms with E-state index in [1.54, 1.807) is 39.5 Å². The van der Waals surface area contributed by atoms with Crippen LogP contribution in [0.5, 0.6) is 0 Å². The fourth-order valence-electron chi connectivity index (χ4n) is 6.78. The van der Waals surface area contributed by atoms with Crippen LogP contribution in [-0.4, -0.2) is 65.8 Å². The average Bonchev–Trinajstić information content (AvgIpc) is 3.38. The molecule has 1 spiro atoms. The van der Waals surface area contributed by atoms with E-state index >= 15 is 0 Å². The number of amides is 4. The highest BCUT2D eigenvalue weighted by Gasteiger charge is 2.47. The van der Waals surface area contributed by atoms with Gasteiger partial charge in [0, 0.05) is 18.5 Å². The number of fused-ring (bicyclic) bond motifs is 2. The molecule has 0 radical (unpaired) electrons. The van der Waals surface area contributed by atoms with Crippen LogP contribution in [-0.2, 0) is 42.4 Å². The van der Waals surface area contributed by atoms with Crippen molar-refractivity contribution < 1.29 is 33.4 Å². The number of hydrogen-bond donors (Lipinski definition) is 3. The van der Waals surface area contributed by atoms with Crippen molar-refractivity contribution >= 4 is 24.0 Å². The van der Waals surface area contributed by atoms with Crippen LogP contribution in [0, 0.1) is 0 Å². The summed E-state index contributed by atoms with van der Waals surface area (Å²) >= 11 is 0. The Kier molecular flexibility index (Phi) is 11.7. The number of rotatable bonds is 11. The summed E-state index contributed by atoms with van der Waals surface area (Å²) in [5, 5.41) is 8.55. The standard InChI is InChI=1S/C40H50N4O7/c1-38(2,3)51-37(48)43-39(4,5)35(46)41-33(27-49-25-28-14-8-6-9-15-28)34(45)44-22-20-40(21-23-44)24-32(30-18-12-13-19-31(30)40)42-36(47)50-26-29-16-10-7-11-17-29/h6-19,32-33H,20-27H2,1-5H3,(H,41,46)(H,42,47)(H,43,48)/t32?,33-/m1/s1. The van der Waals surface area contributed by atoms with Crippen LogP contribution < -0.4 is 16.0 Å². The van der Waals surface area contributed by atoms with Crippen LogP contribution >= 0.6 is 0 Å². The molecular weight excluding hydrogens is 648 g/mol. The third-order valence-corrected chi connectivity index (χ3v) is 9.42. The molecule has 0 bridgehead atoms. The summed E-state index contributed by atoms with van der Waals surface area (Å²) in [5.74, 6) is -0.800. The quantitative estimate of drug-likeness (QED) is 0.226. The topological polar surface area (TPSA) is 135 Å². The lowest BCUT2D eigenvalue weighted by molar-refractivity contribution is -0.141. The molecule has 1 saturated heterocycles. The van der Waals surface area contributed by atoms with E-state index in [4.69, 9.17) is 14.2 Å². The Hall–Kier alpha value is -4.90. The zero-order valence-electron chi connectivity index (χ0n) is 30.2. The highest BCUT2D eigenvalue weighted by atomic mass is 16.6. The maximum Gasteiger partial charge on any atom is 0.408 e. The first-order valence-corrected chi connectivity index (χ1v) is 17.5. The molecule has 3 aromatic rings. The minimum atomic E-state index is -1.37. The third-order valence-electron chi connectivity index (χ3n) is 9.42. The Labute approximate surface area is 300 Å². The summed E-state index contributed by atoms with van der Waals surface area (Å²) in [6, 6.07) is 26.1. The number of carbonyl (C=O) groups is 4. The van der Waals surface area contributed by atoms with Crippen molar-refractivity contribution in [3.05, 3.63) is 107 Å².